The van der Waals surface area contributed by atoms with E-state index in [1.165, 1.54) is 6.07 Å². The number of rotatable bonds is 2. The lowest BCUT2D eigenvalue weighted by molar-refractivity contribution is -0.275. The highest BCUT2D eigenvalue weighted by atomic mass is 35.5. The molecule has 1 N–H and O–H groups in total. The molecule has 1 aliphatic rings. The van der Waals surface area contributed by atoms with Crippen molar-refractivity contribution in [2.45, 2.75) is 25.1 Å². The Balaban J connectivity index is 0.00000180. The van der Waals surface area contributed by atoms with E-state index in [0.29, 0.717) is 0 Å². The van der Waals surface area contributed by atoms with Crippen LogP contribution in [-0.2, 0) is 0 Å². The Morgan fingerprint density at radius 1 is 1.16 bits per heavy atom. The minimum absolute atomic E-state index is 0. The number of ether oxygens (including phenoxy) is 1. The summed E-state index contributed by atoms with van der Waals surface area (Å²) in [5, 5.41) is 3.17. The van der Waals surface area contributed by atoms with Gasteiger partial charge >= 0.3 is 6.36 Å². The Morgan fingerprint density at radius 2 is 1.79 bits per heavy atom. The number of hydrogen-bond acceptors (Lipinski definition) is 2. The van der Waals surface area contributed by atoms with Crippen LogP contribution in [0.25, 0.3) is 0 Å². The number of nitrogens with one attached hydrogen (secondary N) is 1. The summed E-state index contributed by atoms with van der Waals surface area (Å²) in [7, 11) is 0. The third kappa shape index (κ3) is 4.54. The molecule has 0 aliphatic carbocycles. The molecule has 0 amide bonds. The van der Waals surface area contributed by atoms with Crippen LogP contribution in [0.4, 0.5) is 17.6 Å². The second-order valence-electron chi connectivity index (χ2n) is 4.26. The zero-order chi connectivity index (χ0) is 13.2. The maximum Gasteiger partial charge on any atom is 0.573 e. The lowest BCUT2D eigenvalue weighted by atomic mass is 9.90. The smallest absolute Gasteiger partial charge is 0.403 e. The molecule has 0 bridgehead atoms. The Hall–Kier alpha value is -1.01. The summed E-state index contributed by atoms with van der Waals surface area (Å²) in [6.07, 6.45) is -3.14. The fourth-order valence-corrected chi connectivity index (χ4v) is 2.13. The molecule has 0 saturated carbocycles. The number of hydrogen-bond donors (Lipinski definition) is 1. The molecular weight excluding hydrogens is 286 g/mol. The highest BCUT2D eigenvalue weighted by Crippen LogP contribution is 2.31. The van der Waals surface area contributed by atoms with Crippen LogP contribution < -0.4 is 10.1 Å². The first-order chi connectivity index (χ1) is 8.46. The summed E-state index contributed by atoms with van der Waals surface area (Å²) in [4.78, 5) is 0. The Kier molecular flexibility index (Phi) is 5.43. The standard InChI is InChI=1S/C12H13F4NO.ClH/c13-10-7-9(8-3-5-17-6-4-8)1-2-11(10)18-12(14,15)16;/h1-2,7-8,17H,3-6H2;1H. The number of piperidine rings is 1. The molecule has 1 aliphatic heterocycles. The van der Waals surface area contributed by atoms with E-state index in [4.69, 9.17) is 0 Å². The summed E-state index contributed by atoms with van der Waals surface area (Å²) in [6, 6.07) is 3.68. The first-order valence-electron chi connectivity index (χ1n) is 5.71. The lowest BCUT2D eigenvalue weighted by Crippen LogP contribution is -2.26. The van der Waals surface area contributed by atoms with Gasteiger partial charge in [0.2, 0.25) is 0 Å². The van der Waals surface area contributed by atoms with Crippen LogP contribution in [0.1, 0.15) is 24.3 Å². The topological polar surface area (TPSA) is 21.3 Å². The van der Waals surface area contributed by atoms with Crippen molar-refractivity contribution in [3.05, 3.63) is 29.6 Å². The molecule has 2 rings (SSSR count). The van der Waals surface area contributed by atoms with Crippen molar-refractivity contribution in [2.24, 2.45) is 0 Å². The van der Waals surface area contributed by atoms with Gasteiger partial charge in [-0.05, 0) is 49.5 Å². The largest absolute Gasteiger partial charge is 0.573 e. The van der Waals surface area contributed by atoms with E-state index in [0.717, 1.165) is 43.6 Å². The van der Waals surface area contributed by atoms with Crippen LogP contribution >= 0.6 is 12.4 Å². The van der Waals surface area contributed by atoms with E-state index >= 15 is 0 Å². The molecule has 0 unspecified atom stereocenters. The predicted octanol–water partition coefficient (Wildman–Crippen LogP) is 3.61. The average Bonchev–Trinajstić information content (AvgIpc) is 2.31. The third-order valence-electron chi connectivity index (χ3n) is 2.99. The van der Waals surface area contributed by atoms with Crippen LogP contribution in [-0.4, -0.2) is 19.5 Å². The Bertz CT molecular complexity index is 419. The second kappa shape index (κ2) is 6.43. The van der Waals surface area contributed by atoms with Crippen molar-refractivity contribution in [1.82, 2.24) is 5.32 Å². The molecule has 1 saturated heterocycles. The van der Waals surface area contributed by atoms with Gasteiger partial charge in [0, 0.05) is 0 Å². The maximum atomic E-state index is 13.5. The zero-order valence-electron chi connectivity index (χ0n) is 9.97. The zero-order valence-corrected chi connectivity index (χ0v) is 10.8. The molecule has 1 aromatic rings. The molecule has 1 heterocycles. The number of alkyl halides is 3. The lowest BCUT2D eigenvalue weighted by Gasteiger charge is -2.23. The third-order valence-corrected chi connectivity index (χ3v) is 2.99. The van der Waals surface area contributed by atoms with E-state index in [-0.39, 0.29) is 18.3 Å². The molecular formula is C12H14ClF4NO. The summed E-state index contributed by atoms with van der Waals surface area (Å²) < 4.78 is 53.0. The SMILES string of the molecule is Cl.Fc1cc(C2CCNCC2)ccc1OC(F)(F)F. The van der Waals surface area contributed by atoms with E-state index in [1.54, 1.807) is 0 Å². The molecule has 7 heteroatoms. The van der Waals surface area contributed by atoms with E-state index in [1.807, 2.05) is 0 Å². The number of halogens is 5. The minimum Gasteiger partial charge on any atom is -0.403 e. The van der Waals surface area contributed by atoms with Crippen molar-refractivity contribution in [2.75, 3.05) is 13.1 Å². The minimum atomic E-state index is -4.86. The molecule has 108 valence electrons. The van der Waals surface area contributed by atoms with Crippen LogP contribution in [0.15, 0.2) is 18.2 Å². The van der Waals surface area contributed by atoms with Gasteiger partial charge in [-0.15, -0.1) is 25.6 Å². The van der Waals surface area contributed by atoms with E-state index in [9.17, 15) is 17.6 Å². The van der Waals surface area contributed by atoms with Crippen molar-refractivity contribution < 1.29 is 22.3 Å². The molecule has 0 aromatic heterocycles. The Labute approximate surface area is 114 Å². The predicted molar refractivity (Wildman–Crippen MR) is 65.2 cm³/mol. The first kappa shape index (κ1) is 16.0. The van der Waals surface area contributed by atoms with E-state index in [2.05, 4.69) is 10.1 Å². The van der Waals surface area contributed by atoms with Gasteiger partial charge in [0.05, 0.1) is 0 Å². The van der Waals surface area contributed by atoms with E-state index < -0.39 is 17.9 Å². The summed E-state index contributed by atoms with van der Waals surface area (Å²) in [5.74, 6) is -1.55. The highest BCUT2D eigenvalue weighted by molar-refractivity contribution is 5.85. The fraction of sp³-hybridized carbons (Fsp3) is 0.500. The fourth-order valence-electron chi connectivity index (χ4n) is 2.13. The van der Waals surface area contributed by atoms with Gasteiger partial charge in [-0.3, -0.25) is 0 Å². The van der Waals surface area contributed by atoms with Crippen LogP contribution in [0.5, 0.6) is 5.75 Å². The quantitative estimate of drug-likeness (QED) is 0.842. The van der Waals surface area contributed by atoms with Gasteiger partial charge in [-0.2, -0.15) is 0 Å². The molecule has 0 spiro atoms. The molecule has 0 atom stereocenters. The van der Waals surface area contributed by atoms with Crippen molar-refractivity contribution in [1.29, 1.82) is 0 Å². The molecule has 1 fully saturated rings. The summed E-state index contributed by atoms with van der Waals surface area (Å²) in [5.41, 5.74) is 0.725. The maximum absolute atomic E-state index is 13.5. The van der Waals surface area contributed by atoms with Gasteiger partial charge in [-0.25, -0.2) is 4.39 Å². The molecule has 19 heavy (non-hydrogen) atoms. The summed E-state index contributed by atoms with van der Waals surface area (Å²) in [6.45, 7) is 1.68. The van der Waals surface area contributed by atoms with Gasteiger partial charge in [0.25, 0.3) is 0 Å². The first-order valence-corrected chi connectivity index (χ1v) is 5.71. The molecule has 2 nitrogen and oxygen atoms in total. The van der Waals surface area contributed by atoms with Crippen molar-refractivity contribution >= 4 is 12.4 Å². The number of benzene rings is 1. The van der Waals surface area contributed by atoms with Crippen LogP contribution in [0.2, 0.25) is 0 Å². The van der Waals surface area contributed by atoms with Crippen LogP contribution in [0.3, 0.4) is 0 Å². The molecule has 1 aromatic carbocycles. The van der Waals surface area contributed by atoms with Gasteiger partial charge in [0.15, 0.2) is 11.6 Å². The Morgan fingerprint density at radius 3 is 2.32 bits per heavy atom. The van der Waals surface area contributed by atoms with Crippen molar-refractivity contribution in [3.8, 4) is 5.75 Å². The average molecular weight is 300 g/mol. The van der Waals surface area contributed by atoms with Crippen LogP contribution in [0, 0.1) is 5.82 Å². The monoisotopic (exact) mass is 299 g/mol. The molecule has 0 radical (unpaired) electrons. The van der Waals surface area contributed by atoms with Crippen molar-refractivity contribution in [3.63, 3.8) is 0 Å². The van der Waals surface area contributed by atoms with Gasteiger partial charge in [-0.1, -0.05) is 6.07 Å². The van der Waals surface area contributed by atoms with Gasteiger partial charge in [0.1, 0.15) is 0 Å². The van der Waals surface area contributed by atoms with Gasteiger partial charge < -0.3 is 10.1 Å². The normalized spacial score (nSPS) is 16.8. The summed E-state index contributed by atoms with van der Waals surface area (Å²) >= 11 is 0. The highest BCUT2D eigenvalue weighted by Gasteiger charge is 2.32. The second-order valence-corrected chi connectivity index (χ2v) is 4.26.